The molecule has 0 heterocycles. The van der Waals surface area contributed by atoms with Gasteiger partial charge in [0.05, 0.1) is 5.56 Å². The van der Waals surface area contributed by atoms with E-state index in [-0.39, 0.29) is 12.0 Å². The predicted octanol–water partition coefficient (Wildman–Crippen LogP) is 2.67. The second-order valence-corrected chi connectivity index (χ2v) is 5.33. The SMILES string of the molecule is NC(=O)[C@@H](Cc1ccc(F)cc1)NC(=O)c1ccc(C(F)(F)F)cc1. The highest BCUT2D eigenvalue weighted by Crippen LogP contribution is 2.29. The number of primary amides is 1. The molecule has 0 aromatic heterocycles. The molecule has 0 bridgehead atoms. The fourth-order valence-electron chi connectivity index (χ4n) is 2.13. The van der Waals surface area contributed by atoms with Crippen LogP contribution in [0.4, 0.5) is 17.6 Å². The molecule has 1 atom stereocenters. The van der Waals surface area contributed by atoms with Crippen LogP contribution in [-0.4, -0.2) is 17.9 Å². The summed E-state index contributed by atoms with van der Waals surface area (Å²) < 4.78 is 50.4. The first-order valence-corrected chi connectivity index (χ1v) is 7.18. The van der Waals surface area contributed by atoms with Gasteiger partial charge in [-0.25, -0.2) is 4.39 Å². The van der Waals surface area contributed by atoms with Crippen LogP contribution in [0, 0.1) is 5.82 Å². The third-order valence-electron chi connectivity index (χ3n) is 3.48. The van der Waals surface area contributed by atoms with Crippen LogP contribution in [-0.2, 0) is 17.4 Å². The van der Waals surface area contributed by atoms with Gasteiger partial charge in [0.2, 0.25) is 5.91 Å². The van der Waals surface area contributed by atoms with Crippen molar-refractivity contribution in [3.05, 3.63) is 71.0 Å². The van der Waals surface area contributed by atoms with Crippen molar-refractivity contribution in [2.24, 2.45) is 5.73 Å². The summed E-state index contributed by atoms with van der Waals surface area (Å²) in [6, 6.07) is 7.76. The highest BCUT2D eigenvalue weighted by Gasteiger charge is 2.30. The van der Waals surface area contributed by atoms with Gasteiger partial charge in [0.1, 0.15) is 11.9 Å². The second-order valence-electron chi connectivity index (χ2n) is 5.33. The van der Waals surface area contributed by atoms with E-state index in [1.807, 2.05) is 0 Å². The second kappa shape index (κ2) is 7.33. The number of carbonyl (C=O) groups excluding carboxylic acids is 2. The van der Waals surface area contributed by atoms with Gasteiger partial charge in [-0.15, -0.1) is 0 Å². The van der Waals surface area contributed by atoms with Crippen molar-refractivity contribution in [1.82, 2.24) is 5.32 Å². The van der Waals surface area contributed by atoms with Crippen LogP contribution < -0.4 is 11.1 Å². The molecule has 0 aliphatic rings. The minimum Gasteiger partial charge on any atom is -0.368 e. The Kier molecular flexibility index (Phi) is 5.41. The summed E-state index contributed by atoms with van der Waals surface area (Å²) in [7, 11) is 0. The minimum atomic E-state index is -4.51. The molecular formula is C17H14F4N2O2. The third-order valence-corrected chi connectivity index (χ3v) is 3.48. The molecule has 2 aromatic rings. The summed E-state index contributed by atoms with van der Waals surface area (Å²) in [6.45, 7) is 0. The molecule has 0 radical (unpaired) electrons. The van der Waals surface area contributed by atoms with Crippen LogP contribution in [0.2, 0.25) is 0 Å². The quantitative estimate of drug-likeness (QED) is 0.811. The van der Waals surface area contributed by atoms with Gasteiger partial charge in [-0.3, -0.25) is 9.59 Å². The van der Waals surface area contributed by atoms with E-state index in [0.717, 1.165) is 24.3 Å². The molecule has 2 rings (SSSR count). The number of nitrogens with one attached hydrogen (secondary N) is 1. The fraction of sp³-hybridized carbons (Fsp3) is 0.176. The Hall–Kier alpha value is -2.90. The maximum atomic E-state index is 12.9. The summed E-state index contributed by atoms with van der Waals surface area (Å²) in [5.41, 5.74) is 4.88. The Morgan fingerprint density at radius 2 is 1.56 bits per heavy atom. The van der Waals surface area contributed by atoms with Crippen LogP contribution in [0.15, 0.2) is 48.5 Å². The number of hydrogen-bond donors (Lipinski definition) is 2. The lowest BCUT2D eigenvalue weighted by Gasteiger charge is -2.16. The van der Waals surface area contributed by atoms with Crippen molar-refractivity contribution in [3.8, 4) is 0 Å². The normalized spacial score (nSPS) is 12.5. The van der Waals surface area contributed by atoms with Crippen molar-refractivity contribution in [2.45, 2.75) is 18.6 Å². The van der Waals surface area contributed by atoms with Crippen molar-refractivity contribution < 1.29 is 27.2 Å². The zero-order valence-electron chi connectivity index (χ0n) is 12.8. The summed E-state index contributed by atoms with van der Waals surface area (Å²) in [4.78, 5) is 23.6. The van der Waals surface area contributed by atoms with Crippen LogP contribution >= 0.6 is 0 Å². The Balaban J connectivity index is 2.09. The summed E-state index contributed by atoms with van der Waals surface area (Å²) >= 11 is 0. The van der Waals surface area contributed by atoms with Gasteiger partial charge >= 0.3 is 6.18 Å². The Morgan fingerprint density at radius 3 is 2.04 bits per heavy atom. The molecule has 0 spiro atoms. The maximum Gasteiger partial charge on any atom is 0.416 e. The average molecular weight is 354 g/mol. The lowest BCUT2D eigenvalue weighted by atomic mass is 10.0. The van der Waals surface area contributed by atoms with Gasteiger partial charge in [0.15, 0.2) is 0 Å². The summed E-state index contributed by atoms with van der Waals surface area (Å²) in [5.74, 6) is -2.00. The maximum absolute atomic E-state index is 12.9. The molecule has 25 heavy (non-hydrogen) atoms. The highest BCUT2D eigenvalue weighted by atomic mass is 19.4. The predicted molar refractivity (Wildman–Crippen MR) is 82.0 cm³/mol. The van der Waals surface area contributed by atoms with Gasteiger partial charge in [-0.1, -0.05) is 12.1 Å². The number of halogens is 4. The molecule has 2 aromatic carbocycles. The zero-order valence-corrected chi connectivity index (χ0v) is 12.8. The van der Waals surface area contributed by atoms with Gasteiger partial charge in [-0.2, -0.15) is 13.2 Å². The Labute approximate surface area is 140 Å². The Morgan fingerprint density at radius 1 is 1.00 bits per heavy atom. The fourth-order valence-corrected chi connectivity index (χ4v) is 2.13. The van der Waals surface area contributed by atoms with E-state index >= 15 is 0 Å². The number of nitrogens with two attached hydrogens (primary N) is 1. The lowest BCUT2D eigenvalue weighted by Crippen LogP contribution is -2.45. The summed E-state index contributed by atoms with van der Waals surface area (Å²) in [5, 5.41) is 2.37. The number of carbonyl (C=O) groups is 2. The van der Waals surface area contributed by atoms with Gasteiger partial charge in [0, 0.05) is 12.0 Å². The zero-order chi connectivity index (χ0) is 18.6. The van der Waals surface area contributed by atoms with E-state index in [1.54, 1.807) is 0 Å². The number of amides is 2. The molecular weight excluding hydrogens is 340 g/mol. The third kappa shape index (κ3) is 5.03. The van der Waals surface area contributed by atoms with Crippen molar-refractivity contribution in [2.75, 3.05) is 0 Å². The van der Waals surface area contributed by atoms with Crippen molar-refractivity contribution >= 4 is 11.8 Å². The molecule has 0 aliphatic carbocycles. The molecule has 0 saturated heterocycles. The molecule has 3 N–H and O–H groups in total. The van der Waals surface area contributed by atoms with Gasteiger partial charge in [-0.05, 0) is 42.0 Å². The summed E-state index contributed by atoms with van der Waals surface area (Å²) in [6.07, 6.45) is -4.48. The van der Waals surface area contributed by atoms with Crippen LogP contribution in [0.25, 0.3) is 0 Å². The Bertz CT molecular complexity index is 756. The first-order chi connectivity index (χ1) is 11.7. The van der Waals surface area contributed by atoms with Crippen LogP contribution in [0.3, 0.4) is 0 Å². The number of hydrogen-bond acceptors (Lipinski definition) is 2. The number of rotatable bonds is 5. The number of alkyl halides is 3. The number of benzene rings is 2. The minimum absolute atomic E-state index is 0.0298. The molecule has 0 unspecified atom stereocenters. The van der Waals surface area contributed by atoms with E-state index in [4.69, 9.17) is 5.73 Å². The van der Waals surface area contributed by atoms with Gasteiger partial charge in [0.25, 0.3) is 5.91 Å². The van der Waals surface area contributed by atoms with Crippen molar-refractivity contribution in [3.63, 3.8) is 0 Å². The molecule has 132 valence electrons. The van der Waals surface area contributed by atoms with E-state index < -0.39 is 35.4 Å². The topological polar surface area (TPSA) is 72.2 Å². The van der Waals surface area contributed by atoms with Crippen LogP contribution in [0.5, 0.6) is 0 Å². The van der Waals surface area contributed by atoms with E-state index in [9.17, 15) is 27.2 Å². The van der Waals surface area contributed by atoms with Crippen LogP contribution in [0.1, 0.15) is 21.5 Å². The standard InChI is InChI=1S/C17H14F4N2O2/c18-13-7-1-10(2-8-13)9-14(15(22)24)23-16(25)11-3-5-12(6-4-11)17(19,20)21/h1-8,14H,9H2,(H2,22,24)(H,23,25)/t14-/m1/s1. The lowest BCUT2D eigenvalue weighted by molar-refractivity contribution is -0.137. The van der Waals surface area contributed by atoms with E-state index in [2.05, 4.69) is 5.32 Å². The molecule has 0 saturated carbocycles. The first-order valence-electron chi connectivity index (χ1n) is 7.18. The highest BCUT2D eigenvalue weighted by molar-refractivity contribution is 5.97. The molecule has 0 fully saturated rings. The van der Waals surface area contributed by atoms with E-state index in [1.165, 1.54) is 24.3 Å². The largest absolute Gasteiger partial charge is 0.416 e. The van der Waals surface area contributed by atoms with E-state index in [0.29, 0.717) is 5.56 Å². The molecule has 8 heteroatoms. The van der Waals surface area contributed by atoms with Crippen molar-refractivity contribution in [1.29, 1.82) is 0 Å². The molecule has 0 aliphatic heterocycles. The van der Waals surface area contributed by atoms with Gasteiger partial charge < -0.3 is 11.1 Å². The molecule has 4 nitrogen and oxygen atoms in total. The monoisotopic (exact) mass is 354 g/mol. The smallest absolute Gasteiger partial charge is 0.368 e. The molecule has 2 amide bonds. The first kappa shape index (κ1) is 18.4. The average Bonchev–Trinajstić information content (AvgIpc) is 2.55.